The smallest absolute Gasteiger partial charge is 0.344 e. The minimum atomic E-state index is -1.04. The van der Waals surface area contributed by atoms with Crippen LogP contribution >= 0.6 is 0 Å². The summed E-state index contributed by atoms with van der Waals surface area (Å²) in [5.74, 6) is -0.0462. The summed E-state index contributed by atoms with van der Waals surface area (Å²) in [5, 5.41) is 12.5. The zero-order valence-electron chi connectivity index (χ0n) is 13.5. The zero-order valence-corrected chi connectivity index (χ0v) is 13.5. The van der Waals surface area contributed by atoms with Crippen LogP contribution in [0.2, 0.25) is 0 Å². The molecule has 6 nitrogen and oxygen atoms in total. The van der Waals surface area contributed by atoms with E-state index in [0.717, 1.165) is 10.8 Å². The number of aliphatic hydroxyl groups excluding tert-OH is 1. The summed E-state index contributed by atoms with van der Waals surface area (Å²) in [6.07, 6.45) is -1.04. The molecule has 1 unspecified atom stereocenters. The van der Waals surface area contributed by atoms with E-state index in [4.69, 9.17) is 19.6 Å². The van der Waals surface area contributed by atoms with E-state index in [1.165, 1.54) is 7.11 Å². The van der Waals surface area contributed by atoms with Gasteiger partial charge in [-0.2, -0.15) is 0 Å². The van der Waals surface area contributed by atoms with Crippen LogP contribution in [-0.4, -0.2) is 24.5 Å². The molecule has 1 aliphatic heterocycles. The van der Waals surface area contributed by atoms with Gasteiger partial charge < -0.3 is 24.7 Å². The normalized spacial score (nSPS) is 18.6. The van der Waals surface area contributed by atoms with E-state index in [9.17, 15) is 9.90 Å². The summed E-state index contributed by atoms with van der Waals surface area (Å²) in [5.41, 5.74) is 6.59. The fourth-order valence-electron chi connectivity index (χ4n) is 3.43. The Bertz CT molecular complexity index is 1000. The Morgan fingerprint density at radius 2 is 1.96 bits per heavy atom. The van der Waals surface area contributed by atoms with Gasteiger partial charge in [0, 0.05) is 21.7 Å². The lowest BCUT2D eigenvalue weighted by Gasteiger charge is -2.21. The average molecular weight is 327 g/mol. The first-order chi connectivity index (χ1) is 11.4. The number of methoxy groups -OCH3 is 1. The lowest BCUT2D eigenvalue weighted by atomic mass is 9.81. The van der Waals surface area contributed by atoms with Crippen LogP contribution in [0.1, 0.15) is 29.8 Å². The van der Waals surface area contributed by atoms with E-state index in [1.54, 1.807) is 0 Å². The molecule has 0 aliphatic carbocycles. The number of hydrogen-bond acceptors (Lipinski definition) is 6. The molecule has 0 radical (unpaired) electrons. The van der Waals surface area contributed by atoms with Crippen molar-refractivity contribution in [2.75, 3.05) is 12.8 Å². The summed E-state index contributed by atoms with van der Waals surface area (Å²) >= 11 is 0. The third kappa shape index (κ3) is 1.66. The first kappa shape index (κ1) is 14.8. The topological polar surface area (TPSA) is 94.9 Å². The van der Waals surface area contributed by atoms with E-state index in [1.807, 2.05) is 38.1 Å². The Hall–Kier alpha value is -2.73. The number of benzene rings is 2. The average Bonchev–Trinajstić information content (AvgIpc) is 3.01. The third-order valence-electron chi connectivity index (χ3n) is 4.71. The van der Waals surface area contributed by atoms with Crippen LogP contribution < -0.4 is 10.5 Å². The number of ether oxygens (including phenoxy) is 2. The van der Waals surface area contributed by atoms with Crippen molar-refractivity contribution in [3.63, 3.8) is 0 Å². The van der Waals surface area contributed by atoms with Gasteiger partial charge in [-0.3, -0.25) is 0 Å². The van der Waals surface area contributed by atoms with Crippen molar-refractivity contribution in [2.45, 2.75) is 25.6 Å². The second kappa shape index (κ2) is 4.64. The molecule has 0 fully saturated rings. The highest BCUT2D eigenvalue weighted by Gasteiger charge is 2.45. The molecule has 4 rings (SSSR count). The van der Waals surface area contributed by atoms with E-state index in [0.29, 0.717) is 22.3 Å². The number of rotatable bonds is 1. The number of nitrogen functional groups attached to an aromatic ring is 1. The summed E-state index contributed by atoms with van der Waals surface area (Å²) in [7, 11) is 1.29. The van der Waals surface area contributed by atoms with Crippen LogP contribution in [-0.2, 0) is 10.2 Å². The van der Waals surface area contributed by atoms with Crippen molar-refractivity contribution >= 4 is 33.6 Å². The number of nitrogens with two attached hydrogens (primary N) is 1. The van der Waals surface area contributed by atoms with Gasteiger partial charge in [-0.05, 0) is 13.8 Å². The molecular formula is C18H17NO5. The van der Waals surface area contributed by atoms with Crippen molar-refractivity contribution in [2.24, 2.45) is 0 Å². The molecule has 0 bridgehead atoms. The fourth-order valence-corrected chi connectivity index (χ4v) is 3.43. The zero-order chi connectivity index (χ0) is 17.2. The van der Waals surface area contributed by atoms with Crippen molar-refractivity contribution in [3.8, 4) is 5.75 Å². The van der Waals surface area contributed by atoms with Crippen LogP contribution in [0.25, 0.3) is 21.7 Å². The minimum Gasteiger partial charge on any atom is -0.465 e. The van der Waals surface area contributed by atoms with Crippen LogP contribution in [0, 0.1) is 0 Å². The highest BCUT2D eigenvalue weighted by atomic mass is 16.6. The summed E-state index contributed by atoms with van der Waals surface area (Å²) in [4.78, 5) is 12.3. The molecule has 3 aromatic rings. The standard InChI is InChI=1S/C18H17NO5/c1-18(2)12-10-11(16(20)22-3)15(19)23-13(10)8-6-4-5-7-9(8)14(12)24-17(18)21/h4-7,17,21H,19H2,1-3H3. The molecule has 24 heavy (non-hydrogen) atoms. The summed E-state index contributed by atoms with van der Waals surface area (Å²) < 4.78 is 16.3. The van der Waals surface area contributed by atoms with Gasteiger partial charge in [0.2, 0.25) is 12.2 Å². The monoisotopic (exact) mass is 327 g/mol. The first-order valence-electron chi connectivity index (χ1n) is 7.58. The van der Waals surface area contributed by atoms with Crippen LogP contribution in [0.3, 0.4) is 0 Å². The van der Waals surface area contributed by atoms with E-state index < -0.39 is 17.7 Å². The molecule has 0 saturated heterocycles. The first-order valence-corrected chi connectivity index (χ1v) is 7.58. The number of carbonyl (C=O) groups excluding carboxylic acids is 1. The molecule has 2 heterocycles. The largest absolute Gasteiger partial charge is 0.465 e. The van der Waals surface area contributed by atoms with E-state index >= 15 is 0 Å². The molecule has 1 aromatic heterocycles. The third-order valence-corrected chi connectivity index (χ3v) is 4.71. The number of carbonyl (C=O) groups is 1. The Morgan fingerprint density at radius 3 is 2.62 bits per heavy atom. The Labute approximate surface area is 137 Å². The number of esters is 1. The molecule has 6 heteroatoms. The van der Waals surface area contributed by atoms with Gasteiger partial charge in [0.1, 0.15) is 16.9 Å². The number of hydrogen-bond donors (Lipinski definition) is 2. The molecule has 1 atom stereocenters. The predicted molar refractivity (Wildman–Crippen MR) is 89.1 cm³/mol. The maximum Gasteiger partial charge on any atom is 0.344 e. The maximum absolute atomic E-state index is 12.3. The lowest BCUT2D eigenvalue weighted by molar-refractivity contribution is -0.0442. The highest BCUT2D eigenvalue weighted by molar-refractivity contribution is 6.18. The lowest BCUT2D eigenvalue weighted by Crippen LogP contribution is -2.31. The Morgan fingerprint density at radius 1 is 1.29 bits per heavy atom. The summed E-state index contributed by atoms with van der Waals surface area (Å²) in [6, 6.07) is 7.49. The van der Waals surface area contributed by atoms with E-state index in [-0.39, 0.29) is 11.4 Å². The molecule has 1 aliphatic rings. The van der Waals surface area contributed by atoms with Crippen molar-refractivity contribution in [1.29, 1.82) is 0 Å². The van der Waals surface area contributed by atoms with Gasteiger partial charge in [0.25, 0.3) is 0 Å². The van der Waals surface area contributed by atoms with E-state index in [2.05, 4.69) is 0 Å². The quantitative estimate of drug-likeness (QED) is 0.667. The van der Waals surface area contributed by atoms with Crippen LogP contribution in [0.4, 0.5) is 5.88 Å². The van der Waals surface area contributed by atoms with Gasteiger partial charge in [0.15, 0.2) is 0 Å². The highest BCUT2D eigenvalue weighted by Crippen LogP contribution is 2.52. The second-order valence-electron chi connectivity index (χ2n) is 6.48. The second-order valence-corrected chi connectivity index (χ2v) is 6.48. The number of furan rings is 1. The van der Waals surface area contributed by atoms with Crippen molar-refractivity contribution < 1.29 is 23.8 Å². The molecule has 0 amide bonds. The maximum atomic E-state index is 12.3. The molecule has 0 spiro atoms. The molecule has 2 aromatic carbocycles. The van der Waals surface area contributed by atoms with Gasteiger partial charge in [-0.25, -0.2) is 4.79 Å². The van der Waals surface area contributed by atoms with Gasteiger partial charge in [-0.15, -0.1) is 0 Å². The molecule has 3 N–H and O–H groups in total. The SMILES string of the molecule is COC(=O)c1c(N)oc2c1c1c(c3ccccc32)OC(O)C1(C)C. The van der Waals surface area contributed by atoms with Crippen molar-refractivity contribution in [3.05, 3.63) is 35.4 Å². The summed E-state index contributed by atoms with van der Waals surface area (Å²) in [6.45, 7) is 3.70. The fraction of sp³-hybridized carbons (Fsp3) is 0.278. The van der Waals surface area contributed by atoms with Gasteiger partial charge >= 0.3 is 5.97 Å². The number of aliphatic hydroxyl groups is 1. The van der Waals surface area contributed by atoms with Crippen LogP contribution in [0.15, 0.2) is 28.7 Å². The molecular weight excluding hydrogens is 310 g/mol. The molecule has 0 saturated carbocycles. The molecule has 124 valence electrons. The number of anilines is 1. The van der Waals surface area contributed by atoms with Gasteiger partial charge in [0.05, 0.1) is 12.5 Å². The van der Waals surface area contributed by atoms with Crippen molar-refractivity contribution in [1.82, 2.24) is 0 Å². The predicted octanol–water partition coefficient (Wildman–Crippen LogP) is 2.94. The van der Waals surface area contributed by atoms with Gasteiger partial charge in [-0.1, -0.05) is 24.3 Å². The minimum absolute atomic E-state index is 0.00686. The van der Waals surface area contributed by atoms with Crippen LogP contribution in [0.5, 0.6) is 5.75 Å². The Kier molecular flexibility index (Phi) is 2.87. The number of fused-ring (bicyclic) bond motifs is 6. The Balaban J connectivity index is 2.29.